The van der Waals surface area contributed by atoms with Gasteiger partial charge in [-0.05, 0) is 65.4 Å². The number of imide groups is 2. The summed E-state index contributed by atoms with van der Waals surface area (Å²) in [6, 6.07) is 9.50. The van der Waals surface area contributed by atoms with Crippen molar-refractivity contribution in [2.75, 3.05) is 4.90 Å². The molecule has 1 fully saturated rings. The Morgan fingerprint density at radius 2 is 1.96 bits per heavy atom. The van der Waals surface area contributed by atoms with Crippen molar-refractivity contribution in [3.05, 3.63) is 57.1 Å². The fourth-order valence-corrected chi connectivity index (χ4v) is 2.64. The summed E-state index contributed by atoms with van der Waals surface area (Å²) in [5, 5.41) is 2.17. The van der Waals surface area contributed by atoms with Gasteiger partial charge in [-0.3, -0.25) is 14.9 Å². The van der Waals surface area contributed by atoms with Crippen LogP contribution in [0.4, 0.5) is 10.5 Å². The molecule has 6 nitrogen and oxygen atoms in total. The number of carbonyl (C=O) groups excluding carboxylic acids is 3. The van der Waals surface area contributed by atoms with Crippen LogP contribution >= 0.6 is 22.6 Å². The first-order chi connectivity index (χ1) is 11.0. The minimum atomic E-state index is -0.767. The molecule has 4 amide bonds. The van der Waals surface area contributed by atoms with Crippen LogP contribution in [0.15, 0.2) is 46.4 Å². The first-order valence-corrected chi connectivity index (χ1v) is 7.77. The van der Waals surface area contributed by atoms with Crippen LogP contribution in [0.1, 0.15) is 11.3 Å². The smallest absolute Gasteiger partial charge is 0.335 e. The molecule has 2 heterocycles. The van der Waals surface area contributed by atoms with E-state index >= 15 is 0 Å². The zero-order valence-corrected chi connectivity index (χ0v) is 14.2. The van der Waals surface area contributed by atoms with E-state index in [0.717, 1.165) is 10.5 Å². The van der Waals surface area contributed by atoms with E-state index in [1.807, 2.05) is 35.6 Å². The van der Waals surface area contributed by atoms with Crippen LogP contribution in [-0.2, 0) is 9.59 Å². The van der Waals surface area contributed by atoms with Crippen LogP contribution in [0.2, 0.25) is 0 Å². The average Bonchev–Trinajstić information content (AvgIpc) is 2.89. The van der Waals surface area contributed by atoms with Gasteiger partial charge in [-0.15, -0.1) is 0 Å². The number of anilines is 1. The monoisotopic (exact) mass is 422 g/mol. The van der Waals surface area contributed by atoms with Gasteiger partial charge in [-0.1, -0.05) is 12.1 Å². The second-order valence-electron chi connectivity index (χ2n) is 4.94. The van der Waals surface area contributed by atoms with Crippen molar-refractivity contribution >= 4 is 52.2 Å². The van der Waals surface area contributed by atoms with Crippen molar-refractivity contribution in [3.63, 3.8) is 0 Å². The summed E-state index contributed by atoms with van der Waals surface area (Å²) in [6.07, 6.45) is 1.33. The topological polar surface area (TPSA) is 79.6 Å². The lowest BCUT2D eigenvalue weighted by Crippen LogP contribution is -2.54. The number of furan rings is 1. The van der Waals surface area contributed by atoms with Gasteiger partial charge in [-0.25, -0.2) is 9.69 Å². The predicted octanol–water partition coefficient (Wildman–Crippen LogP) is 2.86. The number of nitrogens with one attached hydrogen (secondary N) is 1. The summed E-state index contributed by atoms with van der Waals surface area (Å²) in [5.74, 6) is -1.06. The molecule has 23 heavy (non-hydrogen) atoms. The second kappa shape index (κ2) is 5.99. The summed E-state index contributed by atoms with van der Waals surface area (Å²) >= 11 is 1.98. The summed E-state index contributed by atoms with van der Waals surface area (Å²) < 4.78 is 5.97. The Morgan fingerprint density at radius 3 is 2.61 bits per heavy atom. The maximum atomic E-state index is 12.6. The second-order valence-corrected chi connectivity index (χ2v) is 6.00. The van der Waals surface area contributed by atoms with Crippen molar-refractivity contribution in [1.82, 2.24) is 5.32 Å². The third-order valence-corrected chi connectivity index (χ3v) is 3.82. The van der Waals surface area contributed by atoms with Crippen molar-refractivity contribution in [2.45, 2.75) is 6.92 Å². The van der Waals surface area contributed by atoms with Crippen LogP contribution < -0.4 is 10.2 Å². The first kappa shape index (κ1) is 15.5. The molecule has 2 aromatic rings. The van der Waals surface area contributed by atoms with Crippen LogP contribution in [0, 0.1) is 10.7 Å². The Kier molecular flexibility index (Phi) is 4.03. The van der Waals surface area contributed by atoms with E-state index in [2.05, 4.69) is 5.32 Å². The van der Waals surface area contributed by atoms with Crippen LogP contribution in [0.5, 0.6) is 0 Å². The molecule has 3 rings (SSSR count). The highest BCUT2D eigenvalue weighted by Gasteiger charge is 2.37. The summed E-state index contributed by atoms with van der Waals surface area (Å²) in [5.41, 5.74) is 1.14. The zero-order valence-electron chi connectivity index (χ0n) is 12.0. The molecule has 0 bridgehead atoms. The molecule has 7 heteroatoms. The molecule has 1 saturated heterocycles. The molecule has 1 aromatic heterocycles. The fraction of sp³-hybridized carbons (Fsp3) is 0.0625. The molecule has 0 unspecified atom stereocenters. The molecule has 0 atom stereocenters. The maximum absolute atomic E-state index is 12.6. The number of amides is 4. The van der Waals surface area contributed by atoms with Gasteiger partial charge in [0.2, 0.25) is 0 Å². The molecular formula is C16H11IN2O4. The number of carbonyl (C=O) groups is 3. The lowest BCUT2D eigenvalue weighted by Gasteiger charge is -2.26. The molecule has 0 spiro atoms. The van der Waals surface area contributed by atoms with E-state index in [1.165, 1.54) is 6.08 Å². The molecule has 116 valence electrons. The number of barbiturate groups is 1. The number of halogens is 1. The van der Waals surface area contributed by atoms with Gasteiger partial charge < -0.3 is 4.42 Å². The SMILES string of the molecule is Cc1cccc(N2C(=O)NC(=O)C(=Cc3ccc(I)o3)C2=O)c1. The van der Waals surface area contributed by atoms with Crippen LogP contribution in [0.25, 0.3) is 6.08 Å². The summed E-state index contributed by atoms with van der Waals surface area (Å²) in [6.45, 7) is 1.85. The molecule has 0 aliphatic carbocycles. The van der Waals surface area contributed by atoms with Crippen molar-refractivity contribution in [2.24, 2.45) is 0 Å². The molecule has 1 aliphatic rings. The van der Waals surface area contributed by atoms with E-state index in [1.54, 1.807) is 30.3 Å². The third-order valence-electron chi connectivity index (χ3n) is 3.24. The van der Waals surface area contributed by atoms with E-state index in [9.17, 15) is 14.4 Å². The molecule has 0 radical (unpaired) electrons. The Hall–Kier alpha value is -2.42. The standard InChI is InChI=1S/C16H11IN2O4/c1-9-3-2-4-10(7-9)19-15(21)12(14(20)18-16(19)22)8-11-5-6-13(17)23-11/h2-8H,1H3,(H,18,20,22). The number of hydrogen-bond acceptors (Lipinski definition) is 4. The lowest BCUT2D eigenvalue weighted by molar-refractivity contribution is -0.122. The Labute approximate surface area is 145 Å². The van der Waals surface area contributed by atoms with E-state index < -0.39 is 17.8 Å². The van der Waals surface area contributed by atoms with E-state index in [0.29, 0.717) is 15.2 Å². The Bertz CT molecular complexity index is 853. The van der Waals surface area contributed by atoms with Crippen molar-refractivity contribution < 1.29 is 18.8 Å². The molecular weight excluding hydrogens is 411 g/mol. The summed E-state index contributed by atoms with van der Waals surface area (Å²) in [7, 11) is 0. The lowest BCUT2D eigenvalue weighted by atomic mass is 10.1. The van der Waals surface area contributed by atoms with Crippen molar-refractivity contribution in [3.8, 4) is 0 Å². The molecule has 1 aliphatic heterocycles. The molecule has 1 aromatic carbocycles. The zero-order chi connectivity index (χ0) is 16.6. The van der Waals surface area contributed by atoms with Gasteiger partial charge in [0, 0.05) is 0 Å². The first-order valence-electron chi connectivity index (χ1n) is 6.69. The Morgan fingerprint density at radius 1 is 1.17 bits per heavy atom. The van der Waals surface area contributed by atoms with Crippen molar-refractivity contribution in [1.29, 1.82) is 0 Å². The number of urea groups is 1. The predicted molar refractivity (Wildman–Crippen MR) is 91.6 cm³/mol. The van der Waals surface area contributed by atoms with Gasteiger partial charge in [-0.2, -0.15) is 0 Å². The van der Waals surface area contributed by atoms with Gasteiger partial charge >= 0.3 is 6.03 Å². The van der Waals surface area contributed by atoms with E-state index in [4.69, 9.17) is 4.42 Å². The number of nitrogens with zero attached hydrogens (tertiary/aromatic N) is 1. The van der Waals surface area contributed by atoms with E-state index in [-0.39, 0.29) is 5.57 Å². The maximum Gasteiger partial charge on any atom is 0.335 e. The minimum absolute atomic E-state index is 0.156. The highest BCUT2D eigenvalue weighted by Crippen LogP contribution is 2.23. The van der Waals surface area contributed by atoms with Gasteiger partial charge in [0.1, 0.15) is 11.3 Å². The number of benzene rings is 1. The van der Waals surface area contributed by atoms with Crippen LogP contribution in [0.3, 0.4) is 0 Å². The normalized spacial score (nSPS) is 16.9. The number of hydrogen-bond donors (Lipinski definition) is 1. The van der Waals surface area contributed by atoms with Crippen LogP contribution in [-0.4, -0.2) is 17.8 Å². The van der Waals surface area contributed by atoms with Gasteiger partial charge in [0.05, 0.1) is 5.69 Å². The molecule has 0 saturated carbocycles. The largest absolute Gasteiger partial charge is 0.451 e. The summed E-state index contributed by atoms with van der Waals surface area (Å²) in [4.78, 5) is 37.6. The number of rotatable bonds is 2. The highest BCUT2D eigenvalue weighted by molar-refractivity contribution is 14.1. The van der Waals surface area contributed by atoms with Gasteiger partial charge in [0.25, 0.3) is 11.8 Å². The fourth-order valence-electron chi connectivity index (χ4n) is 2.21. The quantitative estimate of drug-likeness (QED) is 0.459. The van der Waals surface area contributed by atoms with Gasteiger partial charge in [0.15, 0.2) is 3.77 Å². The third kappa shape index (κ3) is 3.04. The number of aryl methyl sites for hydroxylation is 1. The average molecular weight is 422 g/mol. The highest BCUT2D eigenvalue weighted by atomic mass is 127. The minimum Gasteiger partial charge on any atom is -0.451 e. The molecule has 1 N–H and O–H groups in total. The Balaban J connectivity index is 2.02.